The molecular formula is C17H24Cl2N4OS. The van der Waals surface area contributed by atoms with Crippen molar-refractivity contribution in [3.8, 4) is 0 Å². The molecule has 0 spiro atoms. The maximum Gasteiger partial charge on any atom is 0.141 e. The molecule has 0 amide bonds. The molecule has 4 N–H and O–H groups in total. The minimum Gasteiger partial charge on any atom is -0.395 e. The monoisotopic (exact) mass is 402 g/mol. The van der Waals surface area contributed by atoms with E-state index in [4.69, 9.17) is 10.8 Å². The van der Waals surface area contributed by atoms with Crippen molar-refractivity contribution in [2.24, 2.45) is 10.7 Å². The summed E-state index contributed by atoms with van der Waals surface area (Å²) in [5.74, 6) is 0.564. The largest absolute Gasteiger partial charge is 0.395 e. The Morgan fingerprint density at radius 1 is 1.28 bits per heavy atom. The number of nitrogens with two attached hydrogens (primary N) is 1. The highest BCUT2D eigenvalue weighted by atomic mass is 35.5. The molecule has 0 radical (unpaired) electrons. The van der Waals surface area contributed by atoms with Crippen LogP contribution in [0, 0.1) is 0 Å². The Morgan fingerprint density at radius 3 is 2.84 bits per heavy atom. The first-order chi connectivity index (χ1) is 11.3. The van der Waals surface area contributed by atoms with Crippen molar-refractivity contribution in [2.45, 2.75) is 6.42 Å². The van der Waals surface area contributed by atoms with Crippen LogP contribution in [0.1, 0.15) is 10.4 Å². The van der Waals surface area contributed by atoms with Gasteiger partial charge in [-0.1, -0.05) is 12.1 Å². The summed E-state index contributed by atoms with van der Waals surface area (Å²) >= 11 is 1.60. The molecule has 138 valence electrons. The Kier molecular flexibility index (Phi) is 9.24. The first kappa shape index (κ1) is 21.7. The number of rotatable bonds is 7. The summed E-state index contributed by atoms with van der Waals surface area (Å²) in [7, 11) is 0. The van der Waals surface area contributed by atoms with Crippen molar-refractivity contribution >= 4 is 53.4 Å². The van der Waals surface area contributed by atoms with Gasteiger partial charge in [0.15, 0.2) is 0 Å². The Labute approximate surface area is 164 Å². The summed E-state index contributed by atoms with van der Waals surface area (Å²) in [6, 6.07) is 10.3. The second-order valence-electron chi connectivity index (χ2n) is 5.50. The molecule has 0 aliphatic carbocycles. The molecule has 5 nitrogen and oxygen atoms in total. The molecule has 2 aromatic rings. The number of fused-ring (bicyclic) bond motifs is 1. The van der Waals surface area contributed by atoms with Gasteiger partial charge >= 0.3 is 0 Å². The highest BCUT2D eigenvalue weighted by molar-refractivity contribution is 7.12. The van der Waals surface area contributed by atoms with Gasteiger partial charge in [0.2, 0.25) is 0 Å². The lowest BCUT2D eigenvalue weighted by Crippen LogP contribution is -2.32. The van der Waals surface area contributed by atoms with Crippen LogP contribution in [0.2, 0.25) is 0 Å². The fourth-order valence-electron chi connectivity index (χ4n) is 2.77. The molecule has 0 saturated carbocycles. The van der Waals surface area contributed by atoms with Crippen molar-refractivity contribution in [3.05, 3.63) is 46.2 Å². The van der Waals surface area contributed by atoms with E-state index in [1.807, 2.05) is 23.6 Å². The van der Waals surface area contributed by atoms with E-state index < -0.39 is 0 Å². The maximum absolute atomic E-state index is 8.81. The third kappa shape index (κ3) is 5.59. The van der Waals surface area contributed by atoms with Crippen LogP contribution in [-0.4, -0.2) is 43.7 Å². The number of aliphatic hydroxyl groups is 1. The maximum atomic E-state index is 8.81. The number of hydrogen-bond donors (Lipinski definition) is 3. The van der Waals surface area contributed by atoms with Gasteiger partial charge in [0.05, 0.1) is 17.2 Å². The highest BCUT2D eigenvalue weighted by Crippen LogP contribution is 2.31. The summed E-state index contributed by atoms with van der Waals surface area (Å²) < 4.78 is 0. The van der Waals surface area contributed by atoms with E-state index >= 15 is 0 Å². The molecule has 1 aromatic heterocycles. The van der Waals surface area contributed by atoms with Crippen LogP contribution in [0.3, 0.4) is 0 Å². The highest BCUT2D eigenvalue weighted by Gasteiger charge is 2.18. The summed E-state index contributed by atoms with van der Waals surface area (Å²) in [5.41, 5.74) is 9.58. The molecule has 0 unspecified atom stereocenters. The number of hydrogen-bond acceptors (Lipinski definition) is 5. The van der Waals surface area contributed by atoms with Crippen LogP contribution in [0.4, 0.5) is 11.4 Å². The average molecular weight is 403 g/mol. The molecule has 0 bridgehead atoms. The van der Waals surface area contributed by atoms with Crippen LogP contribution in [0.15, 0.2) is 40.7 Å². The van der Waals surface area contributed by atoms with E-state index in [1.54, 1.807) is 11.3 Å². The summed E-state index contributed by atoms with van der Waals surface area (Å²) in [6.07, 6.45) is 1.07. The molecule has 1 aliphatic heterocycles. The van der Waals surface area contributed by atoms with Crippen molar-refractivity contribution in [1.82, 2.24) is 5.32 Å². The van der Waals surface area contributed by atoms with Crippen LogP contribution in [-0.2, 0) is 6.42 Å². The van der Waals surface area contributed by atoms with E-state index in [1.165, 1.54) is 11.3 Å². The Balaban J connectivity index is 0.00000156. The Morgan fingerprint density at radius 2 is 2.12 bits per heavy atom. The molecule has 1 aromatic carbocycles. The predicted octanol–water partition coefficient (Wildman–Crippen LogP) is 2.57. The van der Waals surface area contributed by atoms with E-state index in [-0.39, 0.29) is 31.4 Å². The van der Waals surface area contributed by atoms with Gasteiger partial charge in [-0.15, -0.1) is 36.2 Å². The number of nitrogens with zero attached hydrogens (tertiary/aromatic N) is 2. The number of amidine groups is 1. The molecule has 0 fully saturated rings. The number of aliphatic hydroxyl groups excluding tert-OH is 1. The molecule has 1 aliphatic rings. The minimum absolute atomic E-state index is 0. The lowest BCUT2D eigenvalue weighted by atomic mass is 10.1. The third-order valence-electron chi connectivity index (χ3n) is 3.93. The summed E-state index contributed by atoms with van der Waals surface area (Å²) in [4.78, 5) is 7.91. The fourth-order valence-corrected chi connectivity index (χ4v) is 3.40. The zero-order valence-corrected chi connectivity index (χ0v) is 16.3. The van der Waals surface area contributed by atoms with E-state index in [2.05, 4.69) is 27.3 Å². The van der Waals surface area contributed by atoms with Crippen molar-refractivity contribution in [3.63, 3.8) is 0 Å². The van der Waals surface area contributed by atoms with Crippen molar-refractivity contribution < 1.29 is 5.11 Å². The average Bonchev–Trinajstić information content (AvgIpc) is 3.21. The third-order valence-corrected chi connectivity index (χ3v) is 4.82. The first-order valence-corrected chi connectivity index (χ1v) is 8.73. The summed E-state index contributed by atoms with van der Waals surface area (Å²) in [6.45, 7) is 3.65. The van der Waals surface area contributed by atoms with E-state index in [0.717, 1.165) is 36.6 Å². The predicted molar refractivity (Wildman–Crippen MR) is 112 cm³/mol. The van der Waals surface area contributed by atoms with E-state index in [9.17, 15) is 0 Å². The quantitative estimate of drug-likeness (QED) is 0.378. The van der Waals surface area contributed by atoms with E-state index in [0.29, 0.717) is 12.4 Å². The zero-order valence-electron chi connectivity index (χ0n) is 13.9. The molecule has 2 heterocycles. The van der Waals surface area contributed by atoms with Crippen LogP contribution < -0.4 is 16.0 Å². The standard InChI is InChI=1S/C17H22N4OS.2ClH/c18-17(16-2-1-11-23-16)20-14-4-3-13-5-8-21(15(13)12-14)9-6-19-7-10-22;;/h1-4,11-12,19,22H,5-10H2,(H2,18,20);2*1H. The van der Waals surface area contributed by atoms with Gasteiger partial charge in [-0.2, -0.15) is 0 Å². The lowest BCUT2D eigenvalue weighted by Gasteiger charge is -2.19. The zero-order chi connectivity index (χ0) is 16.1. The van der Waals surface area contributed by atoms with Crippen molar-refractivity contribution in [1.29, 1.82) is 0 Å². The minimum atomic E-state index is 0. The SMILES string of the molecule is Cl.Cl.NC(=Nc1ccc2c(c1)N(CCNCCO)CC2)c1cccs1. The lowest BCUT2D eigenvalue weighted by molar-refractivity contribution is 0.293. The van der Waals surface area contributed by atoms with Crippen LogP contribution in [0.25, 0.3) is 0 Å². The van der Waals surface area contributed by atoms with Gasteiger partial charge in [0.25, 0.3) is 0 Å². The number of aliphatic imine (C=N–C) groups is 1. The normalized spacial score (nSPS) is 13.2. The first-order valence-electron chi connectivity index (χ1n) is 7.85. The van der Waals surface area contributed by atoms with Gasteiger partial charge in [0, 0.05) is 31.9 Å². The van der Waals surface area contributed by atoms with Gasteiger partial charge < -0.3 is 21.1 Å². The molecule has 0 atom stereocenters. The molecular weight excluding hydrogens is 379 g/mol. The Hall–Kier alpha value is -1.31. The van der Waals surface area contributed by atoms with Gasteiger partial charge in [0.1, 0.15) is 5.84 Å². The number of thiophene rings is 1. The molecule has 8 heteroatoms. The number of benzene rings is 1. The Bertz CT molecular complexity index is 679. The van der Waals surface area contributed by atoms with Gasteiger partial charge in [-0.25, -0.2) is 4.99 Å². The number of anilines is 1. The number of nitrogens with one attached hydrogen (secondary N) is 1. The van der Waals surface area contributed by atoms with Gasteiger partial charge in [-0.3, -0.25) is 0 Å². The second-order valence-corrected chi connectivity index (χ2v) is 6.45. The smallest absolute Gasteiger partial charge is 0.141 e. The van der Waals surface area contributed by atoms with Crippen molar-refractivity contribution in [2.75, 3.05) is 37.7 Å². The molecule has 3 rings (SSSR count). The molecule has 25 heavy (non-hydrogen) atoms. The van der Waals surface area contributed by atoms with Crippen LogP contribution in [0.5, 0.6) is 0 Å². The van der Waals surface area contributed by atoms with Gasteiger partial charge in [-0.05, 0) is 35.6 Å². The second kappa shape index (κ2) is 10.6. The fraction of sp³-hybridized carbons (Fsp3) is 0.353. The summed E-state index contributed by atoms with van der Waals surface area (Å²) in [5, 5.41) is 14.0. The van der Waals surface area contributed by atoms with Crippen LogP contribution >= 0.6 is 36.2 Å². The topological polar surface area (TPSA) is 73.9 Å². The molecule has 0 saturated heterocycles. The number of halogens is 2.